The molecule has 4 nitrogen and oxygen atoms in total. The molecule has 106 valence electrons. The first-order valence-corrected chi connectivity index (χ1v) is 6.51. The zero-order valence-electron chi connectivity index (χ0n) is 12.2. The molecule has 1 aromatic rings. The Balaban J connectivity index is 2.80. The molecule has 0 saturated carbocycles. The third-order valence-electron chi connectivity index (χ3n) is 2.96. The van der Waals surface area contributed by atoms with Crippen molar-refractivity contribution < 1.29 is 9.53 Å². The monoisotopic (exact) mass is 264 g/mol. The lowest BCUT2D eigenvalue weighted by Crippen LogP contribution is -2.37. The van der Waals surface area contributed by atoms with Gasteiger partial charge in [0.1, 0.15) is 0 Å². The molecular formula is C15H24N2O2. The van der Waals surface area contributed by atoms with E-state index >= 15 is 0 Å². The summed E-state index contributed by atoms with van der Waals surface area (Å²) in [5.74, 6) is -0.172. The molecule has 3 N–H and O–H groups in total. The average Bonchev–Trinajstić information content (AvgIpc) is 2.35. The summed E-state index contributed by atoms with van der Waals surface area (Å²) in [7, 11) is 1.60. The summed E-state index contributed by atoms with van der Waals surface area (Å²) >= 11 is 0. The number of benzene rings is 1. The lowest BCUT2D eigenvalue weighted by Gasteiger charge is -2.23. The van der Waals surface area contributed by atoms with Crippen LogP contribution in [0, 0.1) is 0 Å². The van der Waals surface area contributed by atoms with Crippen LogP contribution in [0.25, 0.3) is 0 Å². The number of carbonyl (C=O) groups excluding carboxylic acids is 1. The van der Waals surface area contributed by atoms with Crippen molar-refractivity contribution in [3.8, 4) is 0 Å². The van der Waals surface area contributed by atoms with E-state index in [2.05, 4.69) is 26.1 Å². The number of carbonyl (C=O) groups is 1. The summed E-state index contributed by atoms with van der Waals surface area (Å²) in [6, 6.07) is 7.26. The average molecular weight is 264 g/mol. The number of hydrogen-bond donors (Lipinski definition) is 2. The van der Waals surface area contributed by atoms with Crippen molar-refractivity contribution in [2.24, 2.45) is 5.73 Å². The molecule has 0 aromatic heterocycles. The number of anilines is 1. The van der Waals surface area contributed by atoms with Crippen LogP contribution in [0.3, 0.4) is 0 Å². The third kappa shape index (κ3) is 4.65. The SMILES string of the molecule is COCCC(N)C(=O)Nc1ccccc1C(C)(C)C. The van der Waals surface area contributed by atoms with E-state index in [1.165, 1.54) is 0 Å². The fourth-order valence-electron chi connectivity index (χ4n) is 1.85. The number of ether oxygens (including phenoxy) is 1. The maximum absolute atomic E-state index is 12.0. The first-order chi connectivity index (χ1) is 8.86. The van der Waals surface area contributed by atoms with Gasteiger partial charge < -0.3 is 15.8 Å². The Morgan fingerprint density at radius 1 is 1.37 bits per heavy atom. The molecule has 1 amide bonds. The maximum atomic E-state index is 12.0. The van der Waals surface area contributed by atoms with E-state index in [0.717, 1.165) is 11.3 Å². The van der Waals surface area contributed by atoms with Gasteiger partial charge in [-0.15, -0.1) is 0 Å². The Morgan fingerprint density at radius 3 is 2.58 bits per heavy atom. The van der Waals surface area contributed by atoms with E-state index in [4.69, 9.17) is 10.5 Å². The van der Waals surface area contributed by atoms with E-state index < -0.39 is 6.04 Å². The van der Waals surface area contributed by atoms with Gasteiger partial charge in [-0.3, -0.25) is 4.79 Å². The zero-order chi connectivity index (χ0) is 14.5. The van der Waals surface area contributed by atoms with Crippen molar-refractivity contribution in [1.29, 1.82) is 0 Å². The fraction of sp³-hybridized carbons (Fsp3) is 0.533. The van der Waals surface area contributed by atoms with Crippen LogP contribution in [0.2, 0.25) is 0 Å². The van der Waals surface area contributed by atoms with Crippen molar-refractivity contribution in [3.05, 3.63) is 29.8 Å². The molecule has 1 atom stereocenters. The lowest BCUT2D eigenvalue weighted by molar-refractivity contribution is -0.117. The van der Waals surface area contributed by atoms with Crippen LogP contribution in [0.1, 0.15) is 32.8 Å². The van der Waals surface area contributed by atoms with Crippen LogP contribution < -0.4 is 11.1 Å². The standard InChI is InChI=1S/C15H24N2O2/c1-15(2,3)11-7-5-6-8-13(11)17-14(18)12(16)9-10-19-4/h5-8,12H,9-10,16H2,1-4H3,(H,17,18). The van der Waals surface area contributed by atoms with Gasteiger partial charge in [0.25, 0.3) is 0 Å². The number of hydrogen-bond acceptors (Lipinski definition) is 3. The first-order valence-electron chi connectivity index (χ1n) is 6.51. The molecule has 0 radical (unpaired) electrons. The van der Waals surface area contributed by atoms with Crippen molar-refractivity contribution in [2.45, 2.75) is 38.6 Å². The summed E-state index contributed by atoms with van der Waals surface area (Å²) in [4.78, 5) is 12.0. The number of para-hydroxylation sites is 1. The molecule has 0 bridgehead atoms. The highest BCUT2D eigenvalue weighted by molar-refractivity contribution is 5.95. The Hall–Kier alpha value is -1.39. The van der Waals surface area contributed by atoms with Gasteiger partial charge in [0.15, 0.2) is 0 Å². The van der Waals surface area contributed by atoms with Gasteiger partial charge in [-0.2, -0.15) is 0 Å². The van der Waals surface area contributed by atoms with E-state index in [1.807, 2.05) is 24.3 Å². The zero-order valence-corrected chi connectivity index (χ0v) is 12.2. The molecule has 0 aliphatic heterocycles. The van der Waals surface area contributed by atoms with Gasteiger partial charge in [-0.05, 0) is 23.5 Å². The van der Waals surface area contributed by atoms with E-state index in [-0.39, 0.29) is 11.3 Å². The number of rotatable bonds is 5. The van der Waals surface area contributed by atoms with Crippen molar-refractivity contribution >= 4 is 11.6 Å². The number of nitrogens with one attached hydrogen (secondary N) is 1. The Morgan fingerprint density at radius 2 is 2.00 bits per heavy atom. The van der Waals surface area contributed by atoms with Crippen LogP contribution in [0.4, 0.5) is 5.69 Å². The van der Waals surface area contributed by atoms with E-state index in [0.29, 0.717) is 13.0 Å². The van der Waals surface area contributed by atoms with Gasteiger partial charge >= 0.3 is 0 Å². The van der Waals surface area contributed by atoms with Crippen LogP contribution in [0.5, 0.6) is 0 Å². The minimum atomic E-state index is -0.548. The lowest BCUT2D eigenvalue weighted by atomic mass is 9.86. The first kappa shape index (κ1) is 15.7. The Kier molecular flexibility index (Phi) is 5.51. The molecule has 19 heavy (non-hydrogen) atoms. The largest absolute Gasteiger partial charge is 0.385 e. The molecule has 0 saturated heterocycles. The summed E-state index contributed by atoms with van der Waals surface area (Å²) in [6.07, 6.45) is 0.514. The molecule has 0 fully saturated rings. The molecule has 0 aliphatic carbocycles. The Bertz CT molecular complexity index is 424. The van der Waals surface area contributed by atoms with Crippen LogP contribution in [-0.4, -0.2) is 25.7 Å². The molecule has 0 aliphatic rings. The maximum Gasteiger partial charge on any atom is 0.241 e. The predicted octanol–water partition coefficient (Wildman–Crippen LogP) is 2.29. The molecule has 4 heteroatoms. The van der Waals surface area contributed by atoms with Gasteiger partial charge in [-0.1, -0.05) is 39.0 Å². The smallest absolute Gasteiger partial charge is 0.241 e. The van der Waals surface area contributed by atoms with Crippen LogP contribution >= 0.6 is 0 Å². The summed E-state index contributed by atoms with van der Waals surface area (Å²) < 4.78 is 4.93. The van der Waals surface area contributed by atoms with Crippen LogP contribution in [-0.2, 0) is 14.9 Å². The van der Waals surface area contributed by atoms with Gasteiger partial charge in [0.05, 0.1) is 6.04 Å². The normalized spacial score (nSPS) is 13.1. The number of nitrogens with two attached hydrogens (primary N) is 1. The third-order valence-corrected chi connectivity index (χ3v) is 2.96. The highest BCUT2D eigenvalue weighted by atomic mass is 16.5. The second-order valence-corrected chi connectivity index (χ2v) is 5.67. The predicted molar refractivity (Wildman–Crippen MR) is 78.2 cm³/mol. The van der Waals surface area contributed by atoms with E-state index in [9.17, 15) is 4.79 Å². The topological polar surface area (TPSA) is 64.3 Å². The van der Waals surface area contributed by atoms with Gasteiger partial charge in [0.2, 0.25) is 5.91 Å². The van der Waals surface area contributed by atoms with E-state index in [1.54, 1.807) is 7.11 Å². The minimum absolute atomic E-state index is 0.0273. The number of amides is 1. The molecular weight excluding hydrogens is 240 g/mol. The molecule has 0 heterocycles. The quantitative estimate of drug-likeness (QED) is 0.857. The summed E-state index contributed by atoms with van der Waals surface area (Å²) in [6.45, 7) is 6.82. The molecule has 1 aromatic carbocycles. The van der Waals surface area contributed by atoms with Crippen molar-refractivity contribution in [1.82, 2.24) is 0 Å². The summed E-state index contributed by atoms with van der Waals surface area (Å²) in [5, 5.41) is 2.91. The highest BCUT2D eigenvalue weighted by Crippen LogP contribution is 2.29. The van der Waals surface area contributed by atoms with Crippen molar-refractivity contribution in [3.63, 3.8) is 0 Å². The van der Waals surface area contributed by atoms with Crippen LogP contribution in [0.15, 0.2) is 24.3 Å². The second-order valence-electron chi connectivity index (χ2n) is 5.67. The fourth-order valence-corrected chi connectivity index (χ4v) is 1.85. The second kappa shape index (κ2) is 6.68. The molecule has 0 spiro atoms. The highest BCUT2D eigenvalue weighted by Gasteiger charge is 2.20. The van der Waals surface area contributed by atoms with Crippen molar-refractivity contribution in [2.75, 3.05) is 19.0 Å². The Labute approximate surface area is 115 Å². The number of methoxy groups -OCH3 is 1. The molecule has 1 unspecified atom stereocenters. The van der Waals surface area contributed by atoms with Gasteiger partial charge in [0, 0.05) is 19.4 Å². The summed E-state index contributed by atoms with van der Waals surface area (Å²) in [5.41, 5.74) is 7.72. The van der Waals surface area contributed by atoms with Gasteiger partial charge in [-0.25, -0.2) is 0 Å². The molecule has 1 rings (SSSR count). The minimum Gasteiger partial charge on any atom is -0.385 e.